The highest BCUT2D eigenvalue weighted by Crippen LogP contribution is 2.30. The zero-order chi connectivity index (χ0) is 23.0. The van der Waals surface area contributed by atoms with Crippen molar-refractivity contribution in [2.75, 3.05) is 0 Å². The van der Waals surface area contributed by atoms with Crippen LogP contribution in [0.1, 0.15) is 40.1 Å². The minimum Gasteiger partial charge on any atom is -0.416 e. The van der Waals surface area contributed by atoms with Gasteiger partial charge in [0.15, 0.2) is 11.6 Å². The monoisotopic (exact) mass is 467 g/mol. The van der Waals surface area contributed by atoms with Crippen LogP contribution in [0.2, 0.25) is 0 Å². The van der Waals surface area contributed by atoms with Crippen LogP contribution in [0.4, 0.5) is 17.6 Å². The summed E-state index contributed by atoms with van der Waals surface area (Å²) in [5, 5.41) is 2.18. The number of ether oxygens (including phenoxy) is 1. The average molecular weight is 467 g/mol. The molecule has 1 amide bonds. The Labute approximate surface area is 189 Å². The van der Waals surface area contributed by atoms with E-state index >= 15 is 0 Å². The molecule has 1 N–H and O–H groups in total. The summed E-state index contributed by atoms with van der Waals surface area (Å²) in [6.07, 6.45) is 0. The van der Waals surface area contributed by atoms with Gasteiger partial charge in [-0.1, -0.05) is 62.4 Å². The van der Waals surface area contributed by atoms with Gasteiger partial charge in [-0.3, -0.25) is 4.79 Å². The Hall–Kier alpha value is -3.33. The fraction of sp³-hybridized carbons (Fsp3) is 0.130. The van der Waals surface area contributed by atoms with Crippen molar-refractivity contribution in [1.29, 1.82) is 0 Å². The highest BCUT2D eigenvalue weighted by atomic mass is 32.1. The third kappa shape index (κ3) is 6.10. The SMILES string of the molecule is CC.O=C(Oc1c(F)c(F)c(C(=O)NCc2ccccc2)c(F)c1F)c1ccccc1.S. The number of amides is 1. The number of hydrogen-bond acceptors (Lipinski definition) is 3. The molecule has 4 nitrogen and oxygen atoms in total. The maximum atomic E-state index is 14.3. The van der Waals surface area contributed by atoms with Crippen molar-refractivity contribution in [2.24, 2.45) is 0 Å². The molecule has 0 aliphatic heterocycles. The molecule has 0 saturated heterocycles. The lowest BCUT2D eigenvalue weighted by Gasteiger charge is -2.12. The Morgan fingerprint density at radius 3 is 1.75 bits per heavy atom. The van der Waals surface area contributed by atoms with E-state index in [1.807, 2.05) is 13.8 Å². The second-order valence-corrected chi connectivity index (χ2v) is 5.88. The molecule has 0 spiro atoms. The van der Waals surface area contributed by atoms with E-state index in [1.54, 1.807) is 36.4 Å². The summed E-state index contributed by atoms with van der Waals surface area (Å²) in [5.41, 5.74) is -0.928. The van der Waals surface area contributed by atoms with Crippen LogP contribution in [0.25, 0.3) is 0 Å². The predicted octanol–water partition coefficient (Wildman–Crippen LogP) is 5.53. The number of carbonyl (C=O) groups excluding carboxylic acids is 2. The molecule has 0 atom stereocenters. The molecule has 32 heavy (non-hydrogen) atoms. The van der Waals surface area contributed by atoms with Crippen LogP contribution in [0.5, 0.6) is 5.75 Å². The lowest BCUT2D eigenvalue weighted by molar-refractivity contribution is 0.0717. The zero-order valence-electron chi connectivity index (χ0n) is 17.2. The molecule has 0 aliphatic carbocycles. The number of carbonyl (C=O) groups is 2. The summed E-state index contributed by atoms with van der Waals surface area (Å²) in [6, 6.07) is 15.4. The quantitative estimate of drug-likeness (QED) is 0.232. The van der Waals surface area contributed by atoms with Gasteiger partial charge in [0.1, 0.15) is 5.56 Å². The normalized spacial score (nSPS) is 9.69. The van der Waals surface area contributed by atoms with E-state index in [1.165, 1.54) is 24.3 Å². The Bertz CT molecular complexity index is 1030. The fourth-order valence-electron chi connectivity index (χ4n) is 2.49. The first kappa shape index (κ1) is 26.7. The first-order valence-corrected chi connectivity index (χ1v) is 9.35. The van der Waals surface area contributed by atoms with E-state index < -0.39 is 46.5 Å². The van der Waals surface area contributed by atoms with Crippen molar-refractivity contribution in [1.82, 2.24) is 5.32 Å². The maximum absolute atomic E-state index is 14.3. The first-order chi connectivity index (χ1) is 14.9. The van der Waals surface area contributed by atoms with Crippen LogP contribution in [0, 0.1) is 23.3 Å². The smallest absolute Gasteiger partial charge is 0.343 e. The number of rotatable bonds is 5. The topological polar surface area (TPSA) is 55.4 Å². The van der Waals surface area contributed by atoms with Gasteiger partial charge in [0.2, 0.25) is 17.4 Å². The van der Waals surface area contributed by atoms with Gasteiger partial charge in [0.05, 0.1) is 5.56 Å². The molecule has 3 aromatic carbocycles. The fourth-order valence-corrected chi connectivity index (χ4v) is 2.49. The van der Waals surface area contributed by atoms with Crippen molar-refractivity contribution in [3.05, 3.63) is 101 Å². The van der Waals surface area contributed by atoms with E-state index in [0.29, 0.717) is 5.56 Å². The van der Waals surface area contributed by atoms with Gasteiger partial charge >= 0.3 is 5.97 Å². The van der Waals surface area contributed by atoms with E-state index in [-0.39, 0.29) is 25.6 Å². The Morgan fingerprint density at radius 1 is 0.781 bits per heavy atom. The predicted molar refractivity (Wildman–Crippen MR) is 117 cm³/mol. The van der Waals surface area contributed by atoms with Crippen LogP contribution >= 0.6 is 13.5 Å². The van der Waals surface area contributed by atoms with Crippen LogP contribution in [0.3, 0.4) is 0 Å². The standard InChI is InChI=1S/C21H13F4NO3.C2H6.H2S/c22-15-14(20(27)26-11-12-7-3-1-4-8-12)16(23)18(25)19(17(15)24)29-21(28)13-9-5-2-6-10-13;1-2;/h1-10H,11H2,(H,26,27);1-2H3;1H2. The van der Waals surface area contributed by atoms with E-state index in [4.69, 9.17) is 0 Å². The summed E-state index contributed by atoms with van der Waals surface area (Å²) in [4.78, 5) is 24.0. The van der Waals surface area contributed by atoms with E-state index in [2.05, 4.69) is 10.1 Å². The molecule has 0 bridgehead atoms. The van der Waals surface area contributed by atoms with Crippen molar-refractivity contribution in [3.63, 3.8) is 0 Å². The highest BCUT2D eigenvalue weighted by Gasteiger charge is 2.31. The largest absolute Gasteiger partial charge is 0.416 e. The number of benzene rings is 3. The van der Waals surface area contributed by atoms with Gasteiger partial charge in [-0.15, -0.1) is 0 Å². The van der Waals surface area contributed by atoms with Gasteiger partial charge in [-0.05, 0) is 17.7 Å². The summed E-state index contributed by atoms with van der Waals surface area (Å²) in [5.74, 6) is -12.0. The summed E-state index contributed by atoms with van der Waals surface area (Å²) in [6.45, 7) is 3.88. The summed E-state index contributed by atoms with van der Waals surface area (Å²) >= 11 is 0. The molecule has 0 radical (unpaired) electrons. The Morgan fingerprint density at radius 2 is 1.25 bits per heavy atom. The van der Waals surface area contributed by atoms with Crippen LogP contribution in [-0.4, -0.2) is 11.9 Å². The lowest BCUT2D eigenvalue weighted by Crippen LogP contribution is -2.26. The third-order valence-electron chi connectivity index (χ3n) is 3.95. The van der Waals surface area contributed by atoms with Crippen LogP contribution in [-0.2, 0) is 6.54 Å². The first-order valence-electron chi connectivity index (χ1n) is 9.35. The number of halogens is 4. The third-order valence-corrected chi connectivity index (χ3v) is 3.95. The average Bonchev–Trinajstić information content (AvgIpc) is 2.81. The van der Waals surface area contributed by atoms with Crippen LogP contribution < -0.4 is 10.1 Å². The van der Waals surface area contributed by atoms with Gasteiger partial charge in [0, 0.05) is 6.54 Å². The minimum absolute atomic E-state index is 0. The van der Waals surface area contributed by atoms with Gasteiger partial charge < -0.3 is 10.1 Å². The molecule has 0 fully saturated rings. The van der Waals surface area contributed by atoms with E-state index in [0.717, 1.165) is 0 Å². The van der Waals surface area contributed by atoms with E-state index in [9.17, 15) is 27.2 Å². The van der Waals surface area contributed by atoms with Crippen molar-refractivity contribution >= 4 is 25.4 Å². The van der Waals surface area contributed by atoms with Gasteiger partial charge in [-0.25, -0.2) is 13.6 Å². The molecule has 0 aliphatic rings. The van der Waals surface area contributed by atoms with Crippen molar-refractivity contribution < 1.29 is 31.9 Å². The molecular formula is C23H21F4NO3S. The second kappa shape index (κ2) is 12.5. The molecular weight excluding hydrogens is 446 g/mol. The second-order valence-electron chi connectivity index (χ2n) is 5.88. The molecule has 0 heterocycles. The lowest BCUT2D eigenvalue weighted by atomic mass is 10.1. The number of hydrogen-bond donors (Lipinski definition) is 1. The molecule has 3 rings (SSSR count). The Kier molecular flexibility index (Phi) is 10.4. The minimum atomic E-state index is -1.99. The summed E-state index contributed by atoms with van der Waals surface area (Å²) in [7, 11) is 0. The van der Waals surface area contributed by atoms with Gasteiger partial charge in [0.25, 0.3) is 5.91 Å². The molecule has 9 heteroatoms. The molecule has 0 saturated carbocycles. The number of esters is 1. The highest BCUT2D eigenvalue weighted by molar-refractivity contribution is 7.59. The molecule has 0 unspecified atom stereocenters. The summed E-state index contributed by atoms with van der Waals surface area (Å²) < 4.78 is 61.6. The van der Waals surface area contributed by atoms with Crippen molar-refractivity contribution in [3.8, 4) is 5.75 Å². The Balaban J connectivity index is 0.00000166. The molecule has 3 aromatic rings. The van der Waals surface area contributed by atoms with Crippen LogP contribution in [0.15, 0.2) is 60.7 Å². The molecule has 170 valence electrons. The van der Waals surface area contributed by atoms with Gasteiger partial charge in [-0.2, -0.15) is 22.3 Å². The number of nitrogens with one attached hydrogen (secondary N) is 1. The molecule has 0 aromatic heterocycles. The maximum Gasteiger partial charge on any atom is 0.343 e. The zero-order valence-corrected chi connectivity index (χ0v) is 18.2. The van der Waals surface area contributed by atoms with Crippen molar-refractivity contribution in [2.45, 2.75) is 20.4 Å².